The third-order valence-corrected chi connectivity index (χ3v) is 2.72. The third-order valence-electron chi connectivity index (χ3n) is 2.72. The lowest BCUT2D eigenvalue weighted by Crippen LogP contribution is -1.92. The minimum absolute atomic E-state index is 0.0579. The van der Waals surface area contributed by atoms with Crippen molar-refractivity contribution in [2.75, 3.05) is 0 Å². The Bertz CT molecular complexity index is 839. The van der Waals surface area contributed by atoms with Crippen molar-refractivity contribution in [3.63, 3.8) is 0 Å². The number of nitrogens with zero attached hydrogens (tertiary/aromatic N) is 3. The fourth-order valence-electron chi connectivity index (χ4n) is 1.72. The highest BCUT2D eigenvalue weighted by atomic mass is 19.2. The third kappa shape index (κ3) is 2.25. The number of rotatable bonds is 2. The van der Waals surface area contributed by atoms with Gasteiger partial charge in [-0.25, -0.2) is 13.2 Å². The van der Waals surface area contributed by atoms with E-state index in [1.807, 2.05) is 6.07 Å². The number of hydrogen-bond acceptors (Lipinski definition) is 4. The van der Waals surface area contributed by atoms with Crippen LogP contribution in [0, 0.1) is 28.8 Å². The standard InChI is InChI=1S/C13H5F3N4O/c14-9-2-6(3-10(15)11(9)16)12-19-13(21-20-12)7-1-8(4-17)18-5-7/h1-3,5,18H. The first-order valence-electron chi connectivity index (χ1n) is 5.66. The molecular weight excluding hydrogens is 285 g/mol. The van der Waals surface area contributed by atoms with E-state index < -0.39 is 17.5 Å². The first-order valence-corrected chi connectivity index (χ1v) is 5.66. The fraction of sp³-hybridized carbons (Fsp3) is 0. The predicted molar refractivity (Wildman–Crippen MR) is 64.1 cm³/mol. The number of benzene rings is 1. The lowest BCUT2D eigenvalue weighted by Gasteiger charge is -1.97. The van der Waals surface area contributed by atoms with Crippen LogP contribution in [0.15, 0.2) is 28.9 Å². The summed E-state index contributed by atoms with van der Waals surface area (Å²) in [6, 6.07) is 4.90. The smallest absolute Gasteiger partial charge is 0.259 e. The van der Waals surface area contributed by atoms with Crippen molar-refractivity contribution in [1.29, 1.82) is 5.26 Å². The SMILES string of the molecule is N#Cc1cc(-c2nc(-c3cc(F)c(F)c(F)c3)no2)c[nH]1. The average molecular weight is 290 g/mol. The van der Waals surface area contributed by atoms with Crippen LogP contribution < -0.4 is 0 Å². The number of aromatic amines is 1. The number of aromatic nitrogens is 3. The molecule has 0 bridgehead atoms. The van der Waals surface area contributed by atoms with Crippen LogP contribution in [-0.2, 0) is 0 Å². The summed E-state index contributed by atoms with van der Waals surface area (Å²) in [4.78, 5) is 6.62. The number of halogens is 3. The van der Waals surface area contributed by atoms with Gasteiger partial charge in [0.2, 0.25) is 5.82 Å². The van der Waals surface area contributed by atoms with Crippen molar-refractivity contribution in [3.05, 3.63) is 47.5 Å². The molecule has 1 N–H and O–H groups in total. The average Bonchev–Trinajstić information content (AvgIpc) is 3.12. The molecule has 0 saturated carbocycles. The quantitative estimate of drug-likeness (QED) is 0.736. The molecule has 1 aromatic carbocycles. The van der Waals surface area contributed by atoms with Crippen LogP contribution in [0.25, 0.3) is 22.8 Å². The van der Waals surface area contributed by atoms with Gasteiger partial charge in [-0.05, 0) is 18.2 Å². The Labute approximate surface area is 115 Å². The second-order valence-electron chi connectivity index (χ2n) is 4.09. The normalized spacial score (nSPS) is 10.6. The molecule has 3 rings (SSSR count). The zero-order valence-electron chi connectivity index (χ0n) is 10.2. The Hall–Kier alpha value is -3.08. The zero-order chi connectivity index (χ0) is 15.0. The van der Waals surface area contributed by atoms with Crippen molar-refractivity contribution in [3.8, 4) is 28.9 Å². The highest BCUT2D eigenvalue weighted by Gasteiger charge is 2.16. The summed E-state index contributed by atoms with van der Waals surface area (Å²) in [6.45, 7) is 0. The van der Waals surface area contributed by atoms with E-state index in [9.17, 15) is 13.2 Å². The van der Waals surface area contributed by atoms with Crippen LogP contribution in [0.3, 0.4) is 0 Å². The molecule has 0 atom stereocenters. The molecule has 0 spiro atoms. The number of H-pyrrole nitrogens is 1. The minimum Gasteiger partial charge on any atom is -0.352 e. The van der Waals surface area contributed by atoms with Gasteiger partial charge in [-0.2, -0.15) is 10.2 Å². The number of nitriles is 1. The van der Waals surface area contributed by atoms with Gasteiger partial charge < -0.3 is 9.51 Å². The van der Waals surface area contributed by atoms with Gasteiger partial charge in [-0.1, -0.05) is 5.16 Å². The lowest BCUT2D eigenvalue weighted by molar-refractivity contribution is 0.431. The first-order chi connectivity index (χ1) is 10.1. The van der Waals surface area contributed by atoms with E-state index in [0.29, 0.717) is 11.3 Å². The summed E-state index contributed by atoms with van der Waals surface area (Å²) in [5.74, 6) is -4.28. The van der Waals surface area contributed by atoms with Gasteiger partial charge in [0.15, 0.2) is 17.5 Å². The Morgan fingerprint density at radius 2 is 1.81 bits per heavy atom. The molecular formula is C13H5F3N4O. The van der Waals surface area contributed by atoms with E-state index in [2.05, 4.69) is 15.1 Å². The van der Waals surface area contributed by atoms with Gasteiger partial charge in [-0.15, -0.1) is 0 Å². The Morgan fingerprint density at radius 1 is 1.10 bits per heavy atom. The molecule has 21 heavy (non-hydrogen) atoms. The van der Waals surface area contributed by atoms with Crippen LogP contribution >= 0.6 is 0 Å². The molecule has 8 heteroatoms. The molecule has 5 nitrogen and oxygen atoms in total. The van der Waals surface area contributed by atoms with E-state index in [0.717, 1.165) is 12.1 Å². The van der Waals surface area contributed by atoms with Gasteiger partial charge in [-0.3, -0.25) is 0 Å². The number of hydrogen-bond donors (Lipinski definition) is 1. The van der Waals surface area contributed by atoms with Crippen LogP contribution in [-0.4, -0.2) is 15.1 Å². The van der Waals surface area contributed by atoms with E-state index in [1.54, 1.807) is 0 Å². The van der Waals surface area contributed by atoms with Crippen LogP contribution in [0.4, 0.5) is 13.2 Å². The molecule has 2 heterocycles. The van der Waals surface area contributed by atoms with Gasteiger partial charge in [0.1, 0.15) is 11.8 Å². The molecule has 0 fully saturated rings. The summed E-state index contributed by atoms with van der Waals surface area (Å²) in [5, 5.41) is 12.3. The van der Waals surface area contributed by atoms with Crippen molar-refractivity contribution in [1.82, 2.24) is 15.1 Å². The predicted octanol–water partition coefficient (Wildman–Crippen LogP) is 3.02. The fourth-order valence-corrected chi connectivity index (χ4v) is 1.72. The highest BCUT2D eigenvalue weighted by Crippen LogP contribution is 2.25. The second-order valence-corrected chi connectivity index (χ2v) is 4.09. The van der Waals surface area contributed by atoms with Gasteiger partial charge in [0.05, 0.1) is 5.56 Å². The minimum atomic E-state index is -1.56. The Balaban J connectivity index is 2.00. The van der Waals surface area contributed by atoms with E-state index in [-0.39, 0.29) is 17.3 Å². The first kappa shape index (κ1) is 12.9. The van der Waals surface area contributed by atoms with Gasteiger partial charge in [0, 0.05) is 11.8 Å². The van der Waals surface area contributed by atoms with Crippen LogP contribution in [0.5, 0.6) is 0 Å². The summed E-state index contributed by atoms with van der Waals surface area (Å²) >= 11 is 0. The molecule has 2 aromatic heterocycles. The molecule has 0 aliphatic carbocycles. The molecule has 0 amide bonds. The summed E-state index contributed by atoms with van der Waals surface area (Å²) in [6.07, 6.45) is 1.47. The summed E-state index contributed by atoms with van der Waals surface area (Å²) in [5.41, 5.74) is 0.689. The maximum absolute atomic E-state index is 13.2. The van der Waals surface area contributed by atoms with Crippen LogP contribution in [0.1, 0.15) is 5.69 Å². The van der Waals surface area contributed by atoms with Crippen molar-refractivity contribution in [2.45, 2.75) is 0 Å². The maximum Gasteiger partial charge on any atom is 0.259 e. The van der Waals surface area contributed by atoms with Crippen molar-refractivity contribution in [2.24, 2.45) is 0 Å². The van der Waals surface area contributed by atoms with Gasteiger partial charge >= 0.3 is 0 Å². The maximum atomic E-state index is 13.2. The van der Waals surface area contributed by atoms with E-state index in [4.69, 9.17) is 9.78 Å². The molecule has 3 aromatic rings. The molecule has 0 radical (unpaired) electrons. The van der Waals surface area contributed by atoms with Crippen molar-refractivity contribution >= 4 is 0 Å². The molecule has 0 aliphatic rings. The molecule has 0 aliphatic heterocycles. The largest absolute Gasteiger partial charge is 0.352 e. The Kier molecular flexibility index (Phi) is 2.95. The summed E-state index contributed by atoms with van der Waals surface area (Å²) < 4.78 is 44.2. The van der Waals surface area contributed by atoms with E-state index in [1.165, 1.54) is 12.3 Å². The molecule has 104 valence electrons. The monoisotopic (exact) mass is 290 g/mol. The lowest BCUT2D eigenvalue weighted by atomic mass is 10.2. The van der Waals surface area contributed by atoms with Gasteiger partial charge in [0.25, 0.3) is 5.89 Å². The molecule has 0 unspecified atom stereocenters. The topological polar surface area (TPSA) is 78.5 Å². The highest BCUT2D eigenvalue weighted by molar-refractivity contribution is 5.60. The van der Waals surface area contributed by atoms with Crippen LogP contribution in [0.2, 0.25) is 0 Å². The number of nitrogens with one attached hydrogen (secondary N) is 1. The molecule has 0 saturated heterocycles. The van der Waals surface area contributed by atoms with E-state index >= 15 is 0 Å². The second kappa shape index (κ2) is 4.79. The summed E-state index contributed by atoms with van der Waals surface area (Å²) in [7, 11) is 0. The zero-order valence-corrected chi connectivity index (χ0v) is 10.2. The Morgan fingerprint density at radius 3 is 2.43 bits per heavy atom. The van der Waals surface area contributed by atoms with Crippen molar-refractivity contribution < 1.29 is 17.7 Å².